The van der Waals surface area contributed by atoms with Crippen LogP contribution in [0.15, 0.2) is 158 Å². The standard InChI is InChI=1S/C33H35N3O5.C28H27N3O3.CH2Cl2/c1-21-6-13-28(22(2)16-21)31(38)40-20-23-7-9-24(10-8-23)29(19-35-32(39)41-33(3,4)5)30(37)36-27-12-11-26-18-34-15-14-25(26)17-27;1-18-3-10-25(19(2)13-18)28(33)34-17-20-4-6-21(7-5-20)26(15-29)27(32)31-24-9-8-23-16-30-12-11-22(23)14-24;2-1-3/h6-18,29H,19-20H2,1-5H3,(H,35,39)(H,36,37);3-14,16,26H,15,17,29H2,1-2H3,(H,31,32);1H2. The maximum atomic E-state index is 13.5. The van der Waals surface area contributed by atoms with Gasteiger partial charge in [-0.2, -0.15) is 0 Å². The van der Waals surface area contributed by atoms with Gasteiger partial charge in [-0.1, -0.05) is 96.1 Å². The molecular weight excluding hydrogens is 1030 g/mol. The van der Waals surface area contributed by atoms with Crippen LogP contribution in [0.1, 0.15) is 97.8 Å². The van der Waals surface area contributed by atoms with Crippen molar-refractivity contribution in [2.75, 3.05) is 29.1 Å². The molecule has 0 saturated carbocycles. The first-order valence-corrected chi connectivity index (χ1v) is 26.2. The van der Waals surface area contributed by atoms with E-state index in [1.165, 1.54) is 0 Å². The van der Waals surface area contributed by atoms with Gasteiger partial charge in [0.1, 0.15) is 18.8 Å². The van der Waals surface area contributed by atoms with E-state index >= 15 is 0 Å². The van der Waals surface area contributed by atoms with Gasteiger partial charge in [0.2, 0.25) is 11.8 Å². The first-order chi connectivity index (χ1) is 37.3. The maximum absolute atomic E-state index is 13.5. The number of nitrogens with zero attached hydrogens (tertiary/aromatic N) is 2. The lowest BCUT2D eigenvalue weighted by atomic mass is 9.96. The molecular formula is C62H64Cl2N6O8. The van der Waals surface area contributed by atoms with Gasteiger partial charge in [-0.15, -0.1) is 23.2 Å². The molecule has 0 bridgehead atoms. The number of fused-ring (bicyclic) bond motifs is 2. The minimum Gasteiger partial charge on any atom is -0.457 e. The monoisotopic (exact) mass is 1090 g/mol. The van der Waals surface area contributed by atoms with E-state index in [9.17, 15) is 24.0 Å². The summed E-state index contributed by atoms with van der Waals surface area (Å²) in [7, 11) is 0. The minimum absolute atomic E-state index is 0.0271. The second kappa shape index (κ2) is 28.3. The number of carbonyl (C=O) groups is 5. The van der Waals surface area contributed by atoms with E-state index in [-0.39, 0.29) is 49.4 Å². The van der Waals surface area contributed by atoms with Crippen LogP contribution < -0.4 is 21.7 Å². The molecule has 0 aliphatic carbocycles. The van der Waals surface area contributed by atoms with Gasteiger partial charge in [0.25, 0.3) is 0 Å². The number of amides is 3. The van der Waals surface area contributed by atoms with Crippen LogP contribution in [-0.4, -0.2) is 63.8 Å². The lowest BCUT2D eigenvalue weighted by molar-refractivity contribution is -0.118. The average molecular weight is 1090 g/mol. The van der Waals surface area contributed by atoms with Gasteiger partial charge in [-0.25, -0.2) is 14.4 Å². The van der Waals surface area contributed by atoms with E-state index in [4.69, 9.17) is 43.1 Å². The summed E-state index contributed by atoms with van der Waals surface area (Å²) in [5.74, 6) is -2.42. The number of esters is 2. The zero-order valence-electron chi connectivity index (χ0n) is 44.7. The van der Waals surface area contributed by atoms with E-state index < -0.39 is 29.5 Å². The number of aromatic nitrogens is 2. The Kier molecular flexibility index (Phi) is 21.4. The van der Waals surface area contributed by atoms with Crippen LogP contribution in [0.2, 0.25) is 0 Å². The number of alkyl carbamates (subject to hydrolysis) is 1. The van der Waals surface area contributed by atoms with Gasteiger partial charge in [0.15, 0.2) is 0 Å². The summed E-state index contributed by atoms with van der Waals surface area (Å²) in [5.41, 5.74) is 14.7. The van der Waals surface area contributed by atoms with Gasteiger partial charge in [0.05, 0.1) is 28.3 Å². The second-order valence-corrected chi connectivity index (χ2v) is 20.3. The molecule has 0 aliphatic rings. The van der Waals surface area contributed by atoms with E-state index in [0.717, 1.165) is 60.5 Å². The number of alkyl halides is 2. The number of hydrogen-bond donors (Lipinski definition) is 4. The number of anilines is 2. The Morgan fingerprint density at radius 1 is 0.551 bits per heavy atom. The number of nitrogens with two attached hydrogens (primary N) is 1. The Balaban J connectivity index is 0.000000244. The number of halogens is 2. The molecule has 8 aromatic rings. The van der Waals surface area contributed by atoms with E-state index in [2.05, 4.69) is 25.9 Å². The third-order valence-electron chi connectivity index (χ3n) is 12.2. The van der Waals surface area contributed by atoms with Crippen LogP contribution in [0.3, 0.4) is 0 Å². The number of hydrogen-bond acceptors (Lipinski definition) is 11. The smallest absolute Gasteiger partial charge is 0.407 e. The molecule has 6 aromatic carbocycles. The van der Waals surface area contributed by atoms with Crippen molar-refractivity contribution in [3.05, 3.63) is 214 Å². The Morgan fingerprint density at radius 3 is 1.38 bits per heavy atom. The van der Waals surface area contributed by atoms with E-state index in [1.807, 2.05) is 125 Å². The van der Waals surface area contributed by atoms with Crippen molar-refractivity contribution in [3.63, 3.8) is 0 Å². The molecule has 0 spiro atoms. The highest BCUT2D eigenvalue weighted by molar-refractivity contribution is 6.40. The molecule has 0 aliphatic heterocycles. The largest absolute Gasteiger partial charge is 0.457 e. The van der Waals surface area contributed by atoms with Crippen molar-refractivity contribution in [2.24, 2.45) is 5.73 Å². The summed E-state index contributed by atoms with van der Waals surface area (Å²) in [6.45, 7) is 13.5. The van der Waals surface area contributed by atoms with Crippen LogP contribution in [0.5, 0.6) is 0 Å². The van der Waals surface area contributed by atoms with Gasteiger partial charge < -0.3 is 35.9 Å². The lowest BCUT2D eigenvalue weighted by Crippen LogP contribution is -2.37. The molecule has 0 radical (unpaired) electrons. The van der Waals surface area contributed by atoms with Crippen LogP contribution in [0.4, 0.5) is 16.2 Å². The number of benzene rings is 6. The molecule has 3 amide bonds. The molecule has 2 unspecified atom stereocenters. The number of nitrogens with one attached hydrogen (secondary N) is 3. The number of carbonyl (C=O) groups excluding carboxylic acids is 5. The number of pyridine rings is 2. The fraction of sp³-hybridized carbons (Fsp3) is 0.242. The molecule has 8 rings (SSSR count). The van der Waals surface area contributed by atoms with Gasteiger partial charge >= 0.3 is 18.0 Å². The topological polar surface area (TPSA) is 201 Å². The Labute approximate surface area is 465 Å². The van der Waals surface area contributed by atoms with E-state index in [1.54, 1.807) is 82.0 Å². The molecule has 2 atom stereocenters. The first kappa shape index (κ1) is 59.1. The Morgan fingerprint density at radius 2 is 0.974 bits per heavy atom. The number of ether oxygens (including phenoxy) is 3. The second-order valence-electron chi connectivity index (χ2n) is 19.5. The van der Waals surface area contributed by atoms with Crippen molar-refractivity contribution in [1.29, 1.82) is 0 Å². The normalized spacial score (nSPS) is 11.6. The van der Waals surface area contributed by atoms with Crippen molar-refractivity contribution in [1.82, 2.24) is 15.3 Å². The highest BCUT2D eigenvalue weighted by Gasteiger charge is 2.25. The minimum atomic E-state index is -0.706. The quantitative estimate of drug-likeness (QED) is 0.0432. The van der Waals surface area contributed by atoms with Crippen molar-refractivity contribution in [2.45, 2.75) is 79.1 Å². The zero-order valence-corrected chi connectivity index (χ0v) is 46.2. The molecule has 78 heavy (non-hydrogen) atoms. The third kappa shape index (κ3) is 17.4. The molecule has 0 saturated heterocycles. The predicted octanol–water partition coefficient (Wildman–Crippen LogP) is 12.8. The highest BCUT2D eigenvalue weighted by Crippen LogP contribution is 2.25. The van der Waals surface area contributed by atoms with Crippen LogP contribution in [-0.2, 0) is 37.0 Å². The maximum Gasteiger partial charge on any atom is 0.407 e. The van der Waals surface area contributed by atoms with E-state index in [0.29, 0.717) is 28.1 Å². The molecule has 14 nitrogen and oxygen atoms in total. The average Bonchev–Trinajstić information content (AvgIpc) is 3.41. The SMILES string of the molecule is Cc1ccc(C(=O)OCc2ccc(C(CN)C(=O)Nc3ccc4cnccc4c3)cc2)c(C)c1.Cc1ccc(C(=O)OCc2ccc(C(CNC(=O)OC(C)(C)C)C(=O)Nc3ccc4cnccc4c3)cc2)c(C)c1.ClCCl. The molecule has 2 heterocycles. The summed E-state index contributed by atoms with van der Waals surface area (Å²) in [6.07, 6.45) is 6.35. The van der Waals surface area contributed by atoms with Crippen LogP contribution in [0, 0.1) is 27.7 Å². The van der Waals surface area contributed by atoms with Gasteiger partial charge in [0, 0.05) is 60.0 Å². The third-order valence-corrected chi connectivity index (χ3v) is 12.2. The van der Waals surface area contributed by atoms with Crippen LogP contribution in [0.25, 0.3) is 21.5 Å². The fourth-order valence-corrected chi connectivity index (χ4v) is 8.27. The Bertz CT molecular complexity index is 3370. The van der Waals surface area contributed by atoms with Crippen molar-refractivity contribution >= 4 is 86.0 Å². The van der Waals surface area contributed by atoms with Gasteiger partial charge in [-0.05, 0) is 141 Å². The molecule has 0 fully saturated rings. The summed E-state index contributed by atoms with van der Waals surface area (Å²) >= 11 is 9.53. The molecule has 16 heteroatoms. The lowest BCUT2D eigenvalue weighted by Gasteiger charge is -2.22. The first-order valence-electron chi connectivity index (χ1n) is 25.1. The summed E-state index contributed by atoms with van der Waals surface area (Å²) in [4.78, 5) is 72.0. The zero-order chi connectivity index (χ0) is 56.4. The molecule has 404 valence electrons. The number of aryl methyl sites for hydroxylation is 4. The fourth-order valence-electron chi connectivity index (χ4n) is 8.27. The summed E-state index contributed by atoms with van der Waals surface area (Å²) in [5, 5.41) is 12.7. The Hall–Kier alpha value is -8.17. The predicted molar refractivity (Wildman–Crippen MR) is 309 cm³/mol. The van der Waals surface area contributed by atoms with Crippen molar-refractivity contribution in [3.8, 4) is 0 Å². The molecule has 5 N–H and O–H groups in total. The number of rotatable bonds is 15. The highest BCUT2D eigenvalue weighted by atomic mass is 35.5. The van der Waals surface area contributed by atoms with Crippen molar-refractivity contribution < 1.29 is 38.2 Å². The summed E-state index contributed by atoms with van der Waals surface area (Å²) < 4.78 is 16.4. The molecule has 2 aromatic heterocycles. The van der Waals surface area contributed by atoms with Crippen LogP contribution >= 0.6 is 23.2 Å². The summed E-state index contributed by atoms with van der Waals surface area (Å²) in [6, 6.07) is 40.9. The van der Waals surface area contributed by atoms with Gasteiger partial charge in [-0.3, -0.25) is 19.6 Å².